The van der Waals surface area contributed by atoms with E-state index in [1.807, 2.05) is 0 Å². The zero-order chi connectivity index (χ0) is 13.4. The van der Waals surface area contributed by atoms with Gasteiger partial charge in [0, 0.05) is 12.6 Å². The van der Waals surface area contributed by atoms with E-state index in [0.717, 1.165) is 0 Å². The molecule has 18 heavy (non-hydrogen) atoms. The molecule has 1 aromatic carbocycles. The average molecular weight is 247 g/mol. The summed E-state index contributed by atoms with van der Waals surface area (Å²) in [5.74, 6) is 2.60. The minimum atomic E-state index is -0.539. The minimum absolute atomic E-state index is 0.190. The van der Waals surface area contributed by atoms with E-state index in [1.54, 1.807) is 24.3 Å². The van der Waals surface area contributed by atoms with Crippen molar-refractivity contribution in [3.05, 3.63) is 24.3 Å². The molecule has 0 unspecified atom stereocenters. The van der Waals surface area contributed by atoms with Gasteiger partial charge in [-0.15, -0.1) is 6.42 Å². The van der Waals surface area contributed by atoms with Crippen LogP contribution in [0, 0.1) is 12.3 Å². The first-order valence-electron chi connectivity index (χ1n) is 5.11. The van der Waals surface area contributed by atoms with Crippen molar-refractivity contribution in [1.82, 2.24) is 10.9 Å². The number of carbonyl (C=O) groups is 2. The minimum Gasteiger partial charge on any atom is -0.481 e. The Kier molecular flexibility index (Phi) is 5.06. The molecule has 0 bridgehead atoms. The van der Waals surface area contributed by atoms with Crippen LogP contribution >= 0.6 is 0 Å². The number of benzene rings is 1. The fraction of sp³-hybridized carbons (Fsp3) is 0.167. The second-order valence-electron chi connectivity index (χ2n) is 3.28. The Morgan fingerprint density at radius 2 is 1.94 bits per heavy atom. The van der Waals surface area contributed by atoms with Crippen LogP contribution in [-0.4, -0.2) is 18.5 Å². The van der Waals surface area contributed by atoms with Gasteiger partial charge in [-0.25, -0.2) is 10.2 Å². The number of urea groups is 1. The molecule has 0 spiro atoms. The molecule has 0 saturated carbocycles. The maximum Gasteiger partial charge on any atom is 0.337 e. The highest BCUT2D eigenvalue weighted by molar-refractivity contribution is 5.90. The fourth-order valence-corrected chi connectivity index (χ4v) is 1.07. The number of nitrogens with one attached hydrogen (secondary N) is 3. The lowest BCUT2D eigenvalue weighted by Gasteiger charge is -2.08. The van der Waals surface area contributed by atoms with Crippen LogP contribution in [0.15, 0.2) is 24.3 Å². The SMILES string of the molecule is C#CCOc1ccc(NC(=O)NNC(C)=O)cc1. The van der Waals surface area contributed by atoms with Gasteiger partial charge in [0.1, 0.15) is 12.4 Å². The zero-order valence-electron chi connectivity index (χ0n) is 9.82. The number of hydrogen-bond donors (Lipinski definition) is 3. The molecule has 0 atom stereocenters. The Hall–Kier alpha value is -2.68. The third-order valence-electron chi connectivity index (χ3n) is 1.79. The maximum atomic E-state index is 11.3. The molecular formula is C12H13N3O3. The molecule has 3 N–H and O–H groups in total. The third-order valence-corrected chi connectivity index (χ3v) is 1.79. The van der Waals surface area contributed by atoms with Crippen LogP contribution in [0.25, 0.3) is 0 Å². The number of hydrazine groups is 1. The predicted molar refractivity (Wildman–Crippen MR) is 66.7 cm³/mol. The van der Waals surface area contributed by atoms with Gasteiger partial charge in [-0.2, -0.15) is 0 Å². The topological polar surface area (TPSA) is 79.5 Å². The average Bonchev–Trinajstić information content (AvgIpc) is 2.35. The number of rotatable bonds is 3. The van der Waals surface area contributed by atoms with Crippen LogP contribution in [0.5, 0.6) is 5.75 Å². The van der Waals surface area contributed by atoms with Crippen LogP contribution in [0.2, 0.25) is 0 Å². The first kappa shape index (κ1) is 13.4. The lowest BCUT2D eigenvalue weighted by Crippen LogP contribution is -2.42. The molecule has 6 nitrogen and oxygen atoms in total. The van der Waals surface area contributed by atoms with Crippen molar-refractivity contribution in [1.29, 1.82) is 0 Å². The summed E-state index contributed by atoms with van der Waals surface area (Å²) in [6, 6.07) is 6.11. The molecule has 94 valence electrons. The summed E-state index contributed by atoms with van der Waals surface area (Å²) in [7, 11) is 0. The quantitative estimate of drug-likeness (QED) is 0.547. The maximum absolute atomic E-state index is 11.3. The van der Waals surface area contributed by atoms with Crippen molar-refractivity contribution in [3.8, 4) is 18.1 Å². The Bertz CT molecular complexity index is 462. The summed E-state index contributed by atoms with van der Waals surface area (Å²) in [6.07, 6.45) is 5.06. The smallest absolute Gasteiger partial charge is 0.337 e. The van der Waals surface area contributed by atoms with Crippen molar-refractivity contribution in [2.75, 3.05) is 11.9 Å². The Labute approximate surface area is 105 Å². The number of carbonyl (C=O) groups excluding carboxylic acids is 2. The number of ether oxygens (including phenoxy) is 1. The van der Waals surface area contributed by atoms with Gasteiger partial charge in [-0.1, -0.05) is 5.92 Å². The third kappa shape index (κ3) is 4.90. The normalized spacial score (nSPS) is 8.89. The van der Waals surface area contributed by atoms with E-state index in [4.69, 9.17) is 11.2 Å². The van der Waals surface area contributed by atoms with Crippen LogP contribution in [0.3, 0.4) is 0 Å². The molecule has 1 rings (SSSR count). The summed E-state index contributed by atoms with van der Waals surface area (Å²) < 4.78 is 5.17. The summed E-state index contributed by atoms with van der Waals surface area (Å²) >= 11 is 0. The van der Waals surface area contributed by atoms with Crippen LogP contribution in [-0.2, 0) is 4.79 Å². The van der Waals surface area contributed by atoms with Crippen LogP contribution < -0.4 is 20.9 Å². The van der Waals surface area contributed by atoms with E-state index in [0.29, 0.717) is 11.4 Å². The molecule has 0 fully saturated rings. The standard InChI is InChI=1S/C12H13N3O3/c1-3-8-18-11-6-4-10(5-7-11)13-12(17)15-14-9(2)16/h1,4-7H,8H2,2H3,(H,14,16)(H2,13,15,17). The number of amides is 3. The predicted octanol–water partition coefficient (Wildman–Crippen LogP) is 0.871. The highest BCUT2D eigenvalue weighted by Gasteiger charge is 2.01. The van der Waals surface area contributed by atoms with Crippen molar-refractivity contribution in [2.24, 2.45) is 0 Å². The molecule has 0 radical (unpaired) electrons. The monoisotopic (exact) mass is 247 g/mol. The molecule has 0 aromatic heterocycles. The van der Waals surface area contributed by atoms with E-state index in [2.05, 4.69) is 22.1 Å². The van der Waals surface area contributed by atoms with Gasteiger partial charge >= 0.3 is 6.03 Å². The number of terminal acetylenes is 1. The summed E-state index contributed by atoms with van der Waals surface area (Å²) in [5.41, 5.74) is 4.89. The largest absolute Gasteiger partial charge is 0.481 e. The Balaban J connectivity index is 2.45. The van der Waals surface area contributed by atoms with Crippen LogP contribution in [0.4, 0.5) is 10.5 Å². The van der Waals surface area contributed by atoms with E-state index in [1.165, 1.54) is 6.92 Å². The molecule has 0 heterocycles. The molecule has 1 aromatic rings. The van der Waals surface area contributed by atoms with Gasteiger partial charge in [0.2, 0.25) is 5.91 Å². The molecule has 0 aliphatic rings. The van der Waals surface area contributed by atoms with Gasteiger partial charge in [-0.3, -0.25) is 10.2 Å². The molecule has 6 heteroatoms. The van der Waals surface area contributed by atoms with Crippen molar-refractivity contribution >= 4 is 17.6 Å². The first-order valence-corrected chi connectivity index (χ1v) is 5.11. The molecule has 0 aliphatic heterocycles. The fourth-order valence-electron chi connectivity index (χ4n) is 1.07. The van der Waals surface area contributed by atoms with E-state index in [9.17, 15) is 9.59 Å². The lowest BCUT2D eigenvalue weighted by molar-refractivity contribution is -0.119. The Morgan fingerprint density at radius 1 is 1.28 bits per heavy atom. The number of hydrogen-bond acceptors (Lipinski definition) is 3. The molecule has 0 saturated heterocycles. The van der Waals surface area contributed by atoms with Gasteiger partial charge in [-0.05, 0) is 24.3 Å². The summed E-state index contributed by atoms with van der Waals surface area (Å²) in [5, 5.41) is 2.52. The highest BCUT2D eigenvalue weighted by atomic mass is 16.5. The van der Waals surface area contributed by atoms with Crippen molar-refractivity contribution in [3.63, 3.8) is 0 Å². The zero-order valence-corrected chi connectivity index (χ0v) is 9.82. The molecule has 0 aliphatic carbocycles. The van der Waals surface area contributed by atoms with E-state index >= 15 is 0 Å². The van der Waals surface area contributed by atoms with Gasteiger partial charge in [0.15, 0.2) is 0 Å². The summed E-state index contributed by atoms with van der Waals surface area (Å²) in [4.78, 5) is 21.8. The van der Waals surface area contributed by atoms with E-state index in [-0.39, 0.29) is 12.5 Å². The van der Waals surface area contributed by atoms with Gasteiger partial charge < -0.3 is 10.1 Å². The highest BCUT2D eigenvalue weighted by Crippen LogP contribution is 2.15. The second kappa shape index (κ2) is 6.81. The van der Waals surface area contributed by atoms with Crippen molar-refractivity contribution in [2.45, 2.75) is 6.92 Å². The first-order chi connectivity index (χ1) is 8.61. The van der Waals surface area contributed by atoms with Gasteiger partial charge in [0.05, 0.1) is 0 Å². The molecule has 3 amide bonds. The van der Waals surface area contributed by atoms with Crippen molar-refractivity contribution < 1.29 is 14.3 Å². The lowest BCUT2D eigenvalue weighted by atomic mass is 10.3. The van der Waals surface area contributed by atoms with Crippen LogP contribution in [0.1, 0.15) is 6.92 Å². The Morgan fingerprint density at radius 3 is 2.50 bits per heavy atom. The van der Waals surface area contributed by atoms with E-state index < -0.39 is 6.03 Å². The summed E-state index contributed by atoms with van der Waals surface area (Å²) in [6.45, 7) is 1.48. The molecular weight excluding hydrogens is 234 g/mol. The number of anilines is 1. The second-order valence-corrected chi connectivity index (χ2v) is 3.28. The van der Waals surface area contributed by atoms with Gasteiger partial charge in [0.25, 0.3) is 0 Å².